The van der Waals surface area contributed by atoms with Gasteiger partial charge in [-0.05, 0) is 77.5 Å². The van der Waals surface area contributed by atoms with Gasteiger partial charge in [0.05, 0.1) is 19.3 Å². The van der Waals surface area contributed by atoms with Crippen LogP contribution < -0.4 is 0 Å². The number of allylic oxidation sites excluding steroid dienone is 2. The van der Waals surface area contributed by atoms with Crippen molar-refractivity contribution in [3.8, 4) is 0 Å². The lowest BCUT2D eigenvalue weighted by Crippen LogP contribution is -2.39. The molecule has 11 atom stereocenters. The van der Waals surface area contributed by atoms with E-state index in [1.807, 2.05) is 22.6 Å². The van der Waals surface area contributed by atoms with Gasteiger partial charge in [-0.3, -0.25) is 0 Å². The standard InChI is InChI=1S/C15H24O3.C12H16O2.C3H5IO.CH4/c1-9(8-16)12(17)15-7-11-6-4-5-10(2)14(11,3)13(15)18-15;1-8-4-3-5-9-6-12(7-13)10(14-12)11(8,9)2;1-3(4)2-5;/h10-13,16-17H,1,4-8H2,2-3H3;3,5,7-10H,4,6H2,1-2H3;5H,1-2H2;1H4/t10-,11+,12?,13-,14+,15-;8-,9+,10-,11+,12-;;/m11../s1. The zero-order valence-electron chi connectivity index (χ0n) is 22.8. The number of carbonyl (C=O) groups is 1. The Morgan fingerprint density at radius 1 is 1.08 bits per heavy atom. The Balaban J connectivity index is 0.000000179. The molecule has 3 N–H and O–H groups in total. The quantitative estimate of drug-likeness (QED) is 0.161. The van der Waals surface area contributed by atoms with Crippen molar-refractivity contribution in [3.05, 3.63) is 34.5 Å². The Labute approximate surface area is 243 Å². The van der Waals surface area contributed by atoms with Gasteiger partial charge in [-0.25, -0.2) is 0 Å². The first-order valence-electron chi connectivity index (χ1n) is 13.8. The molecular formula is C31H49IO6. The molecule has 0 aromatic rings. The second kappa shape index (κ2) is 11.4. The fourth-order valence-electron chi connectivity index (χ4n) is 8.11. The number of hydrogen-bond acceptors (Lipinski definition) is 6. The Bertz CT molecular complexity index is 951. The third kappa shape index (κ3) is 4.91. The largest absolute Gasteiger partial charge is 0.392 e. The summed E-state index contributed by atoms with van der Waals surface area (Å²) in [5.74, 6) is 2.49. The Hall–Kier alpha value is -0.580. The topological polar surface area (TPSA) is 103 Å². The highest BCUT2D eigenvalue weighted by molar-refractivity contribution is 14.1. The molecule has 0 aromatic carbocycles. The number of aliphatic hydroxyl groups is 3. The molecule has 2 aliphatic heterocycles. The summed E-state index contributed by atoms with van der Waals surface area (Å²) in [5.41, 5.74) is 0.0672. The smallest absolute Gasteiger partial charge is 0.154 e. The van der Waals surface area contributed by atoms with E-state index in [1.54, 1.807) is 0 Å². The van der Waals surface area contributed by atoms with Crippen molar-refractivity contribution in [1.29, 1.82) is 0 Å². The molecule has 1 unspecified atom stereocenters. The van der Waals surface area contributed by atoms with Gasteiger partial charge >= 0.3 is 0 Å². The molecule has 2 heterocycles. The minimum absolute atomic E-state index is 0. The normalized spacial score (nSPS) is 47.2. The van der Waals surface area contributed by atoms with Gasteiger partial charge in [0.2, 0.25) is 0 Å². The molecule has 6 rings (SSSR count). The van der Waals surface area contributed by atoms with Gasteiger partial charge in [-0.2, -0.15) is 0 Å². The van der Waals surface area contributed by atoms with Crippen molar-refractivity contribution < 1.29 is 29.6 Å². The fourth-order valence-corrected chi connectivity index (χ4v) is 8.11. The van der Waals surface area contributed by atoms with Crippen LogP contribution in [-0.4, -0.2) is 64.3 Å². The number of ether oxygens (including phenoxy) is 2. The van der Waals surface area contributed by atoms with Crippen molar-refractivity contribution >= 4 is 28.9 Å². The molecule has 0 radical (unpaired) electrons. The SMILES string of the molecule is C.C=C(CO)C(O)[C@]12C[C@@H]3CCC[C@@H](C)[C@]3(C)[C@H]1O2.C=C(I)CO.C[C@@H]1CC=C[C@H]2C[C@]3(C=O)O[C@@H]3[C@@]12C. The lowest BCUT2D eigenvalue weighted by Gasteiger charge is -2.43. The van der Waals surface area contributed by atoms with E-state index in [-0.39, 0.29) is 43.7 Å². The van der Waals surface area contributed by atoms with Crippen LogP contribution in [0.2, 0.25) is 0 Å². The van der Waals surface area contributed by atoms with Crippen LogP contribution in [0.1, 0.15) is 73.6 Å². The van der Waals surface area contributed by atoms with Gasteiger partial charge in [-0.15, -0.1) is 0 Å². The van der Waals surface area contributed by atoms with Gasteiger partial charge in [0.25, 0.3) is 0 Å². The molecule has 38 heavy (non-hydrogen) atoms. The molecule has 216 valence electrons. The molecule has 0 amide bonds. The van der Waals surface area contributed by atoms with Crippen LogP contribution in [0.5, 0.6) is 0 Å². The highest BCUT2D eigenvalue weighted by atomic mass is 127. The number of hydrogen-bond donors (Lipinski definition) is 3. The van der Waals surface area contributed by atoms with Crippen LogP contribution >= 0.6 is 22.6 Å². The first-order chi connectivity index (χ1) is 17.4. The van der Waals surface area contributed by atoms with E-state index in [1.165, 1.54) is 19.3 Å². The Morgan fingerprint density at radius 2 is 1.74 bits per heavy atom. The highest BCUT2D eigenvalue weighted by Crippen LogP contribution is 2.69. The number of halogens is 1. The van der Waals surface area contributed by atoms with E-state index < -0.39 is 17.3 Å². The summed E-state index contributed by atoms with van der Waals surface area (Å²) in [5, 5.41) is 27.6. The molecule has 2 saturated heterocycles. The van der Waals surface area contributed by atoms with E-state index in [0.717, 1.165) is 29.1 Å². The first kappa shape index (κ1) is 31.9. The van der Waals surface area contributed by atoms with E-state index in [2.05, 4.69) is 53.0 Å². The minimum atomic E-state index is -0.706. The Morgan fingerprint density at radius 3 is 2.26 bits per heavy atom. The number of rotatable bonds is 5. The Kier molecular flexibility index (Phi) is 9.55. The predicted octanol–water partition coefficient (Wildman–Crippen LogP) is 5.39. The van der Waals surface area contributed by atoms with Gasteiger partial charge in [-0.1, -0.05) is 73.3 Å². The van der Waals surface area contributed by atoms with E-state index in [9.17, 15) is 9.90 Å². The van der Waals surface area contributed by atoms with E-state index in [4.69, 9.17) is 19.7 Å². The van der Waals surface area contributed by atoms with Gasteiger partial charge < -0.3 is 29.6 Å². The predicted molar refractivity (Wildman–Crippen MR) is 159 cm³/mol. The molecular weight excluding hydrogens is 595 g/mol. The number of fused-ring (bicyclic) bond motifs is 6. The van der Waals surface area contributed by atoms with Crippen LogP contribution in [0, 0.1) is 34.5 Å². The summed E-state index contributed by atoms with van der Waals surface area (Å²) in [6, 6.07) is 0. The fraction of sp³-hybridized carbons (Fsp3) is 0.774. The zero-order valence-corrected chi connectivity index (χ0v) is 24.9. The summed E-state index contributed by atoms with van der Waals surface area (Å²) < 4.78 is 12.4. The molecule has 0 bridgehead atoms. The minimum Gasteiger partial charge on any atom is -0.392 e. The molecule has 7 heteroatoms. The molecule has 5 fully saturated rings. The molecule has 0 spiro atoms. The van der Waals surface area contributed by atoms with Crippen molar-refractivity contribution in [1.82, 2.24) is 0 Å². The highest BCUT2D eigenvalue weighted by Gasteiger charge is 2.77. The van der Waals surface area contributed by atoms with Crippen molar-refractivity contribution in [2.24, 2.45) is 34.5 Å². The molecule has 6 aliphatic rings. The molecule has 6 nitrogen and oxygen atoms in total. The van der Waals surface area contributed by atoms with Crippen LogP contribution in [-0.2, 0) is 14.3 Å². The number of aldehydes is 1. The van der Waals surface area contributed by atoms with Gasteiger partial charge in [0.1, 0.15) is 17.8 Å². The van der Waals surface area contributed by atoms with Crippen LogP contribution in [0.4, 0.5) is 0 Å². The summed E-state index contributed by atoms with van der Waals surface area (Å²) in [6.07, 6.45) is 12.0. The van der Waals surface area contributed by atoms with Crippen molar-refractivity contribution in [2.45, 2.75) is 103 Å². The average molecular weight is 645 g/mol. The van der Waals surface area contributed by atoms with Crippen molar-refractivity contribution in [3.63, 3.8) is 0 Å². The maximum atomic E-state index is 11.0. The molecule has 3 saturated carbocycles. The van der Waals surface area contributed by atoms with E-state index in [0.29, 0.717) is 29.2 Å². The van der Waals surface area contributed by atoms with Gasteiger partial charge in [0, 0.05) is 14.4 Å². The maximum absolute atomic E-state index is 11.0. The summed E-state index contributed by atoms with van der Waals surface area (Å²) in [4.78, 5) is 11.0. The van der Waals surface area contributed by atoms with Crippen LogP contribution in [0.15, 0.2) is 34.5 Å². The van der Waals surface area contributed by atoms with Crippen LogP contribution in [0.3, 0.4) is 0 Å². The second-order valence-corrected chi connectivity index (χ2v) is 14.3. The molecule has 4 aliphatic carbocycles. The lowest BCUT2D eigenvalue weighted by atomic mass is 9.63. The monoisotopic (exact) mass is 644 g/mol. The lowest BCUT2D eigenvalue weighted by molar-refractivity contribution is -0.112. The summed E-state index contributed by atoms with van der Waals surface area (Å²) in [6.45, 7) is 16.3. The number of epoxide rings is 2. The number of aliphatic hydroxyl groups excluding tert-OH is 3. The summed E-state index contributed by atoms with van der Waals surface area (Å²) >= 11 is 1.96. The third-order valence-electron chi connectivity index (χ3n) is 11.0. The first-order valence-corrected chi connectivity index (χ1v) is 14.8. The van der Waals surface area contributed by atoms with E-state index >= 15 is 0 Å². The summed E-state index contributed by atoms with van der Waals surface area (Å²) in [7, 11) is 0. The van der Waals surface area contributed by atoms with Crippen LogP contribution in [0.25, 0.3) is 0 Å². The van der Waals surface area contributed by atoms with Gasteiger partial charge in [0.15, 0.2) is 11.9 Å². The molecule has 0 aromatic heterocycles. The number of carbonyl (C=O) groups excluding carboxylic acids is 1. The second-order valence-electron chi connectivity index (χ2n) is 12.8. The maximum Gasteiger partial charge on any atom is 0.154 e. The average Bonchev–Trinajstić information content (AvgIpc) is 3.76. The van der Waals surface area contributed by atoms with Crippen molar-refractivity contribution in [2.75, 3.05) is 13.2 Å². The zero-order chi connectivity index (χ0) is 27.4. The third-order valence-corrected chi connectivity index (χ3v) is 11.3.